The fourth-order valence-electron chi connectivity index (χ4n) is 2.44. The third-order valence-electron chi connectivity index (χ3n) is 3.47. The summed E-state index contributed by atoms with van der Waals surface area (Å²) in [5.41, 5.74) is 2.85. The minimum absolute atomic E-state index is 0.121. The molecule has 0 radical (unpaired) electrons. The lowest BCUT2D eigenvalue weighted by atomic mass is 10.1. The van der Waals surface area contributed by atoms with Gasteiger partial charge in [0.25, 0.3) is 0 Å². The van der Waals surface area contributed by atoms with Crippen LogP contribution in [0.25, 0.3) is 26.4 Å². The normalized spacial score (nSPS) is 11.3. The van der Waals surface area contributed by atoms with Crippen LogP contribution in [0, 0.1) is 0 Å². The Bertz CT molecular complexity index is 955. The number of phenols is 1. The summed E-state index contributed by atoms with van der Waals surface area (Å²) < 4.78 is 8.36. The first-order valence-corrected chi connectivity index (χ1v) is 7.32. The summed E-state index contributed by atoms with van der Waals surface area (Å²) in [4.78, 5) is 5.59. The number of nitrogens with zero attached hydrogens (tertiary/aromatic N) is 2. The number of ether oxygens (including phenoxy) is 1. The number of rotatable bonds is 2. The van der Waals surface area contributed by atoms with E-state index in [1.54, 1.807) is 23.5 Å². The van der Waals surface area contributed by atoms with E-state index < -0.39 is 0 Å². The summed E-state index contributed by atoms with van der Waals surface area (Å²) in [6, 6.07) is 13.5. The van der Waals surface area contributed by atoms with E-state index in [0.717, 1.165) is 21.7 Å². The Kier molecular flexibility index (Phi) is 2.62. The summed E-state index contributed by atoms with van der Waals surface area (Å²) in [6.07, 6.45) is 2.00. The van der Waals surface area contributed by atoms with E-state index in [-0.39, 0.29) is 5.75 Å². The second kappa shape index (κ2) is 4.49. The van der Waals surface area contributed by atoms with Crippen LogP contribution in [0.5, 0.6) is 11.5 Å². The van der Waals surface area contributed by atoms with Gasteiger partial charge in [-0.3, -0.25) is 4.40 Å². The van der Waals surface area contributed by atoms with Crippen LogP contribution in [0.2, 0.25) is 0 Å². The molecule has 0 aliphatic carbocycles. The first-order chi connectivity index (χ1) is 10.3. The van der Waals surface area contributed by atoms with Gasteiger partial charge in [-0.25, -0.2) is 4.98 Å². The molecule has 4 rings (SSSR count). The molecule has 4 nitrogen and oxygen atoms in total. The van der Waals surface area contributed by atoms with E-state index in [1.165, 1.54) is 11.8 Å². The molecule has 0 aliphatic rings. The molecule has 2 aromatic heterocycles. The number of aromatic nitrogens is 2. The van der Waals surface area contributed by atoms with Crippen LogP contribution in [0.15, 0.2) is 48.7 Å². The van der Waals surface area contributed by atoms with Crippen molar-refractivity contribution in [3.8, 4) is 22.8 Å². The molecule has 0 aliphatic heterocycles. The summed E-state index contributed by atoms with van der Waals surface area (Å²) in [6.45, 7) is 0. The zero-order chi connectivity index (χ0) is 14.4. The number of para-hydroxylation sites is 1. The van der Waals surface area contributed by atoms with Crippen molar-refractivity contribution < 1.29 is 9.84 Å². The van der Waals surface area contributed by atoms with Crippen LogP contribution in [-0.2, 0) is 0 Å². The fraction of sp³-hybridized carbons (Fsp3) is 0.0625. The lowest BCUT2D eigenvalue weighted by molar-refractivity contribution is 0.373. The van der Waals surface area contributed by atoms with Crippen LogP contribution < -0.4 is 4.74 Å². The maximum absolute atomic E-state index is 9.89. The van der Waals surface area contributed by atoms with Gasteiger partial charge in [0.2, 0.25) is 0 Å². The minimum Gasteiger partial charge on any atom is -0.504 e. The minimum atomic E-state index is 0.121. The van der Waals surface area contributed by atoms with Crippen LogP contribution >= 0.6 is 11.3 Å². The van der Waals surface area contributed by atoms with Gasteiger partial charge in [-0.2, -0.15) is 0 Å². The Hall–Kier alpha value is -2.53. The molecule has 0 atom stereocenters. The highest BCUT2D eigenvalue weighted by molar-refractivity contribution is 7.23. The van der Waals surface area contributed by atoms with Crippen LogP contribution in [-0.4, -0.2) is 21.6 Å². The molecular weight excluding hydrogens is 284 g/mol. The Morgan fingerprint density at radius 1 is 1.19 bits per heavy atom. The number of hydrogen-bond donors (Lipinski definition) is 1. The highest BCUT2D eigenvalue weighted by Crippen LogP contribution is 2.33. The van der Waals surface area contributed by atoms with Crippen LogP contribution in [0.3, 0.4) is 0 Å². The van der Waals surface area contributed by atoms with Gasteiger partial charge in [0.1, 0.15) is 0 Å². The number of phenolic OH excluding ortho intramolecular Hbond substituents is 1. The lowest BCUT2D eigenvalue weighted by Gasteiger charge is -2.04. The van der Waals surface area contributed by atoms with Crippen molar-refractivity contribution in [3.63, 3.8) is 0 Å². The quantitative estimate of drug-likeness (QED) is 0.609. The van der Waals surface area contributed by atoms with Gasteiger partial charge < -0.3 is 9.84 Å². The third-order valence-corrected chi connectivity index (χ3v) is 4.51. The van der Waals surface area contributed by atoms with E-state index in [1.807, 2.05) is 24.4 Å². The number of aromatic hydroxyl groups is 1. The molecular formula is C16H12N2O2S. The maximum atomic E-state index is 9.89. The van der Waals surface area contributed by atoms with Gasteiger partial charge in [0.15, 0.2) is 16.5 Å². The average Bonchev–Trinajstić information content (AvgIpc) is 3.04. The monoisotopic (exact) mass is 296 g/mol. The molecule has 21 heavy (non-hydrogen) atoms. The molecule has 0 unspecified atom stereocenters. The number of benzene rings is 2. The number of imidazole rings is 1. The smallest absolute Gasteiger partial charge is 0.195 e. The molecule has 0 fully saturated rings. The van der Waals surface area contributed by atoms with Crippen LogP contribution in [0.4, 0.5) is 0 Å². The average molecular weight is 296 g/mol. The van der Waals surface area contributed by atoms with Gasteiger partial charge in [0.05, 0.1) is 23.0 Å². The molecule has 1 N–H and O–H groups in total. The molecule has 0 spiro atoms. The summed E-state index contributed by atoms with van der Waals surface area (Å²) in [5.74, 6) is 0.585. The Morgan fingerprint density at radius 3 is 2.86 bits per heavy atom. The van der Waals surface area contributed by atoms with E-state index in [4.69, 9.17) is 4.74 Å². The SMILES string of the molecule is COc1ccc(-c2cn3c(n2)sc2ccccc23)cc1O. The second-order valence-electron chi connectivity index (χ2n) is 4.74. The lowest BCUT2D eigenvalue weighted by Crippen LogP contribution is -1.84. The van der Waals surface area contributed by atoms with Crippen molar-refractivity contribution in [3.05, 3.63) is 48.7 Å². The van der Waals surface area contributed by atoms with Crippen molar-refractivity contribution in [1.82, 2.24) is 9.38 Å². The van der Waals surface area contributed by atoms with Crippen molar-refractivity contribution in [1.29, 1.82) is 0 Å². The number of fused-ring (bicyclic) bond motifs is 3. The molecule has 0 bridgehead atoms. The molecule has 0 amide bonds. The van der Waals surface area contributed by atoms with Gasteiger partial charge in [-0.15, -0.1) is 0 Å². The first-order valence-electron chi connectivity index (χ1n) is 6.50. The second-order valence-corrected chi connectivity index (χ2v) is 5.74. The predicted molar refractivity (Wildman–Crippen MR) is 84.2 cm³/mol. The maximum Gasteiger partial charge on any atom is 0.195 e. The van der Waals surface area contributed by atoms with Gasteiger partial charge in [0, 0.05) is 11.8 Å². The van der Waals surface area contributed by atoms with Gasteiger partial charge in [-0.1, -0.05) is 23.5 Å². The Morgan fingerprint density at radius 2 is 2.05 bits per heavy atom. The Balaban J connectivity index is 1.89. The fourth-order valence-corrected chi connectivity index (χ4v) is 3.44. The van der Waals surface area contributed by atoms with Crippen molar-refractivity contribution >= 4 is 26.5 Å². The summed E-state index contributed by atoms with van der Waals surface area (Å²) in [7, 11) is 1.54. The topological polar surface area (TPSA) is 46.8 Å². The molecule has 2 aromatic carbocycles. The van der Waals surface area contributed by atoms with E-state index in [9.17, 15) is 5.11 Å². The largest absolute Gasteiger partial charge is 0.504 e. The predicted octanol–water partition coefficient (Wildman–Crippen LogP) is 3.93. The number of methoxy groups -OCH3 is 1. The zero-order valence-electron chi connectivity index (χ0n) is 11.3. The van der Waals surface area contributed by atoms with Crippen LogP contribution in [0.1, 0.15) is 0 Å². The molecule has 2 heterocycles. The molecule has 104 valence electrons. The van der Waals surface area contributed by atoms with Crippen molar-refractivity contribution in [2.45, 2.75) is 0 Å². The Labute approximate surface area is 124 Å². The molecule has 4 aromatic rings. The van der Waals surface area contributed by atoms with E-state index in [2.05, 4.69) is 21.5 Å². The highest BCUT2D eigenvalue weighted by atomic mass is 32.1. The van der Waals surface area contributed by atoms with E-state index in [0.29, 0.717) is 5.75 Å². The summed E-state index contributed by atoms with van der Waals surface area (Å²) in [5, 5.41) is 9.89. The zero-order valence-corrected chi connectivity index (χ0v) is 12.1. The van der Waals surface area contributed by atoms with Gasteiger partial charge in [-0.05, 0) is 30.3 Å². The molecule has 5 heteroatoms. The van der Waals surface area contributed by atoms with Crippen molar-refractivity contribution in [2.75, 3.05) is 7.11 Å². The number of thiazole rings is 1. The standard InChI is InChI=1S/C16H12N2O2S/c1-20-14-7-6-10(8-13(14)19)11-9-18-12-4-2-3-5-15(12)21-16(18)17-11/h2-9,19H,1H3. The molecule has 0 saturated carbocycles. The third kappa shape index (κ3) is 1.86. The number of hydrogen-bond acceptors (Lipinski definition) is 4. The van der Waals surface area contributed by atoms with Gasteiger partial charge >= 0.3 is 0 Å². The summed E-state index contributed by atoms with van der Waals surface area (Å²) >= 11 is 1.65. The highest BCUT2D eigenvalue weighted by Gasteiger charge is 2.11. The van der Waals surface area contributed by atoms with E-state index >= 15 is 0 Å². The molecule has 0 saturated heterocycles. The van der Waals surface area contributed by atoms with Crippen molar-refractivity contribution in [2.24, 2.45) is 0 Å². The first kappa shape index (κ1) is 12.2.